The van der Waals surface area contributed by atoms with Crippen LogP contribution in [0.15, 0.2) is 89.5 Å². The summed E-state index contributed by atoms with van der Waals surface area (Å²) in [5, 5.41) is 12.7. The number of phenols is 1. The number of hydrogen-bond acceptors (Lipinski definition) is 4. The van der Waals surface area contributed by atoms with Crippen LogP contribution in [-0.2, 0) is 31.9 Å². The minimum absolute atomic E-state index is 0. The Morgan fingerprint density at radius 3 is 2.20 bits per heavy atom. The van der Waals surface area contributed by atoms with Crippen molar-refractivity contribution in [3.05, 3.63) is 102 Å². The Labute approximate surface area is 255 Å². The van der Waals surface area contributed by atoms with Gasteiger partial charge in [-0.15, -0.1) is 17.7 Å². The summed E-state index contributed by atoms with van der Waals surface area (Å²) in [7, 11) is 0. The predicted molar refractivity (Wildman–Crippen MR) is 164 cm³/mol. The smallest absolute Gasteiger partial charge is 0.230 e. The number of hydrogen-bond donors (Lipinski definition) is 1. The van der Waals surface area contributed by atoms with Crippen molar-refractivity contribution in [2.24, 2.45) is 0 Å². The van der Waals surface area contributed by atoms with Crippen LogP contribution in [0.1, 0.15) is 52.7 Å². The number of aromatic hydroxyl groups is 1. The van der Waals surface area contributed by atoms with Crippen LogP contribution in [0.4, 0.5) is 0 Å². The number of nitrogens with zero attached hydrogens (tertiary/aromatic N) is 2. The number of oxazole rings is 1. The Kier molecular flexibility index (Phi) is 7.42. The molecule has 0 radical (unpaired) electrons. The molecule has 6 rings (SSSR count). The first-order valence-electron chi connectivity index (χ1n) is 13.6. The summed E-state index contributed by atoms with van der Waals surface area (Å²) in [4.78, 5) is 9.68. The fourth-order valence-corrected chi connectivity index (χ4v) is 5.06. The van der Waals surface area contributed by atoms with Crippen molar-refractivity contribution in [3.63, 3.8) is 0 Å². The van der Waals surface area contributed by atoms with Crippen molar-refractivity contribution < 1.29 is 30.6 Å². The van der Waals surface area contributed by atoms with Gasteiger partial charge in [0.2, 0.25) is 5.89 Å². The van der Waals surface area contributed by atoms with Crippen LogP contribution in [0.25, 0.3) is 55.7 Å². The molecule has 41 heavy (non-hydrogen) atoms. The zero-order valence-corrected chi connectivity index (χ0v) is 26.4. The van der Waals surface area contributed by atoms with Crippen molar-refractivity contribution in [2.75, 3.05) is 0 Å². The molecule has 0 aliphatic heterocycles. The second kappa shape index (κ2) is 10.6. The third-order valence-electron chi connectivity index (χ3n) is 7.46. The van der Waals surface area contributed by atoms with Crippen LogP contribution in [0.3, 0.4) is 0 Å². The van der Waals surface area contributed by atoms with Crippen molar-refractivity contribution in [2.45, 2.75) is 52.4 Å². The molecule has 0 aliphatic carbocycles. The zero-order chi connectivity index (χ0) is 28.2. The summed E-state index contributed by atoms with van der Waals surface area (Å²) in [6.07, 6.45) is 1.88. The topological polar surface area (TPSA) is 59.2 Å². The Morgan fingerprint density at radius 2 is 1.46 bits per heavy atom. The number of phenolic OH excluding ortho intramolecular Hbond substituents is 1. The van der Waals surface area contributed by atoms with Gasteiger partial charge in [-0.2, -0.15) is 0 Å². The van der Waals surface area contributed by atoms with E-state index in [4.69, 9.17) is 14.4 Å². The van der Waals surface area contributed by atoms with E-state index in [1.54, 1.807) is 12.1 Å². The molecule has 0 unspecified atom stereocenters. The third-order valence-corrected chi connectivity index (χ3v) is 7.46. The molecule has 1 N–H and O–H groups in total. The molecule has 0 aliphatic rings. The van der Waals surface area contributed by atoms with Gasteiger partial charge in [-0.05, 0) is 46.2 Å². The Morgan fingerprint density at radius 1 is 0.756 bits per heavy atom. The second-order valence-electron chi connectivity index (χ2n) is 12.5. The maximum absolute atomic E-state index is 10.5. The fourth-order valence-electron chi connectivity index (χ4n) is 5.06. The van der Waals surface area contributed by atoms with E-state index in [1.807, 2.05) is 18.3 Å². The first kappa shape index (κ1) is 28.8. The van der Waals surface area contributed by atoms with E-state index < -0.39 is 0 Å². The van der Waals surface area contributed by atoms with Crippen LogP contribution in [-0.4, -0.2) is 15.1 Å². The molecule has 0 saturated carbocycles. The van der Waals surface area contributed by atoms with E-state index in [-0.39, 0.29) is 37.6 Å². The molecule has 4 nitrogen and oxygen atoms in total. The summed E-state index contributed by atoms with van der Waals surface area (Å²) in [6.45, 7) is 13.2. The van der Waals surface area contributed by atoms with E-state index in [0.717, 1.165) is 44.2 Å². The molecule has 4 aromatic carbocycles. The van der Waals surface area contributed by atoms with E-state index in [9.17, 15) is 5.11 Å². The Hall–Kier alpha value is -3.75. The van der Waals surface area contributed by atoms with E-state index >= 15 is 0 Å². The zero-order valence-electron chi connectivity index (χ0n) is 24.1. The van der Waals surface area contributed by atoms with Gasteiger partial charge in [0.05, 0.1) is 11.1 Å². The van der Waals surface area contributed by atoms with Gasteiger partial charge in [-0.1, -0.05) is 112 Å². The number of para-hydroxylation sites is 1. The van der Waals surface area contributed by atoms with E-state index in [2.05, 4.69) is 102 Å². The minimum Gasteiger partial charge on any atom is -0.507 e. The van der Waals surface area contributed by atoms with Crippen LogP contribution >= 0.6 is 0 Å². The number of rotatable bonds is 3. The molecule has 2 heterocycles. The molecule has 0 atom stereocenters. The summed E-state index contributed by atoms with van der Waals surface area (Å²) in [6, 6.07) is 29.9. The van der Waals surface area contributed by atoms with Crippen LogP contribution in [0.5, 0.6) is 5.75 Å². The van der Waals surface area contributed by atoms with Crippen molar-refractivity contribution >= 4 is 21.9 Å². The number of aromatic nitrogens is 2. The maximum Gasteiger partial charge on any atom is 0.230 e. The summed E-state index contributed by atoms with van der Waals surface area (Å²) < 4.78 is 6.32. The van der Waals surface area contributed by atoms with Gasteiger partial charge in [0.1, 0.15) is 11.3 Å². The fraction of sp³-hybridized carbons (Fsp3) is 0.222. The van der Waals surface area contributed by atoms with E-state index in [0.29, 0.717) is 17.0 Å². The molecule has 210 valence electrons. The Bertz CT molecular complexity index is 1890. The monoisotopic (exact) mass is 720 g/mol. The van der Waals surface area contributed by atoms with Gasteiger partial charge < -0.3 is 9.52 Å². The van der Waals surface area contributed by atoms with Gasteiger partial charge >= 0.3 is 0 Å². The van der Waals surface area contributed by atoms with Crippen LogP contribution < -0.4 is 0 Å². The molecule has 0 fully saturated rings. The van der Waals surface area contributed by atoms with Gasteiger partial charge in [-0.3, -0.25) is 4.98 Å². The Balaban J connectivity index is 0.00000337. The van der Waals surface area contributed by atoms with Gasteiger partial charge in [0, 0.05) is 33.0 Å². The largest absolute Gasteiger partial charge is 0.507 e. The second-order valence-corrected chi connectivity index (χ2v) is 12.5. The van der Waals surface area contributed by atoms with Gasteiger partial charge in [0.15, 0.2) is 0 Å². The SMILES string of the molecule is CC(C)(C)c1ccnc(-c2[c-]c(-c3cc(C(C)(C)C)cc4oc(-c5ccccc5O)nc34)c3ccccc3c2)c1.[Pt]. The normalized spacial score (nSPS) is 12.0. The number of fused-ring (bicyclic) bond motifs is 2. The predicted octanol–water partition coefficient (Wildman–Crippen LogP) is 9.48. The molecule has 6 aromatic rings. The molecule has 2 aromatic heterocycles. The molecular formula is C36H33N2O2Pt-. The van der Waals surface area contributed by atoms with Crippen molar-refractivity contribution in [3.8, 4) is 39.6 Å². The molecule has 5 heteroatoms. The molecular weight excluding hydrogens is 687 g/mol. The van der Waals surface area contributed by atoms with E-state index in [1.165, 1.54) is 5.56 Å². The summed E-state index contributed by atoms with van der Waals surface area (Å²) in [5.74, 6) is 0.524. The van der Waals surface area contributed by atoms with Crippen molar-refractivity contribution in [1.82, 2.24) is 9.97 Å². The van der Waals surface area contributed by atoms with Crippen LogP contribution in [0.2, 0.25) is 0 Å². The van der Waals surface area contributed by atoms with Gasteiger partial charge in [-0.25, -0.2) is 4.98 Å². The average Bonchev–Trinajstić information content (AvgIpc) is 3.35. The van der Waals surface area contributed by atoms with Crippen LogP contribution in [0, 0.1) is 6.07 Å². The minimum atomic E-state index is -0.124. The molecule has 0 amide bonds. The third kappa shape index (κ3) is 5.46. The number of benzene rings is 4. The standard InChI is InChI=1S/C36H33N2O2.Pt/c1-35(2,3)24-15-16-37-30(20-24)23-17-22-11-7-8-12-26(22)28(18-23)29-19-25(36(4,5)6)21-32-33(29)38-34(40-32)27-13-9-10-14-31(27)39;/h7-17,19-21,39H,1-6H3;/q-1;. The molecule has 0 spiro atoms. The summed E-state index contributed by atoms with van der Waals surface area (Å²) >= 11 is 0. The molecule has 0 bridgehead atoms. The first-order valence-corrected chi connectivity index (χ1v) is 13.6. The van der Waals surface area contributed by atoms with Crippen molar-refractivity contribution in [1.29, 1.82) is 0 Å². The van der Waals surface area contributed by atoms with Gasteiger partial charge in [0.25, 0.3) is 0 Å². The number of pyridine rings is 1. The average molecular weight is 721 g/mol. The maximum atomic E-state index is 10.5. The summed E-state index contributed by atoms with van der Waals surface area (Å²) in [5.41, 5.74) is 7.92. The quantitative estimate of drug-likeness (QED) is 0.185. The first-order chi connectivity index (χ1) is 19.0. The molecule has 0 saturated heterocycles.